The van der Waals surface area contributed by atoms with Gasteiger partial charge < -0.3 is 9.47 Å². The van der Waals surface area contributed by atoms with Crippen LogP contribution in [0.5, 0.6) is 11.5 Å². The highest BCUT2D eigenvalue weighted by Crippen LogP contribution is 2.27. The summed E-state index contributed by atoms with van der Waals surface area (Å²) in [5, 5.41) is 9.53. The van der Waals surface area contributed by atoms with Gasteiger partial charge in [0.15, 0.2) is 0 Å². The van der Waals surface area contributed by atoms with Crippen molar-refractivity contribution in [3.05, 3.63) is 58.1 Å². The lowest BCUT2D eigenvalue weighted by Crippen LogP contribution is -1.98. The Kier molecular flexibility index (Phi) is 4.49. The van der Waals surface area contributed by atoms with E-state index in [1.165, 1.54) is 0 Å². The maximum absolute atomic E-state index is 9.03. The second-order valence-electron chi connectivity index (χ2n) is 4.33. The molecule has 0 aliphatic heterocycles. The summed E-state index contributed by atoms with van der Waals surface area (Å²) in [6, 6.07) is 13.1. The molecule has 0 aliphatic carbocycles. The van der Waals surface area contributed by atoms with Gasteiger partial charge in [-0.2, -0.15) is 5.26 Å². The Labute approximate surface area is 123 Å². The number of nitriles is 1. The maximum Gasteiger partial charge on any atom is 0.125 e. The lowest BCUT2D eigenvalue weighted by molar-refractivity contribution is 0.304. The van der Waals surface area contributed by atoms with Crippen molar-refractivity contribution in [2.75, 3.05) is 7.11 Å². The molecule has 0 saturated heterocycles. The lowest BCUT2D eigenvalue weighted by Gasteiger charge is -2.11. The standard InChI is InChI=1S/C16H14ClNO2/c1-11-13(9-18)7-14(17)8-16(11)20-10-12-3-5-15(19-2)6-4-12/h3-8H,10H2,1-2H3. The lowest BCUT2D eigenvalue weighted by atomic mass is 10.1. The van der Waals surface area contributed by atoms with Gasteiger partial charge >= 0.3 is 0 Å². The van der Waals surface area contributed by atoms with Crippen LogP contribution >= 0.6 is 11.6 Å². The number of ether oxygens (including phenoxy) is 2. The molecule has 102 valence electrons. The number of hydrogen-bond acceptors (Lipinski definition) is 3. The minimum atomic E-state index is 0.413. The smallest absolute Gasteiger partial charge is 0.125 e. The van der Waals surface area contributed by atoms with Gasteiger partial charge in [0.2, 0.25) is 0 Å². The van der Waals surface area contributed by atoms with Crippen LogP contribution in [0.4, 0.5) is 0 Å². The van der Waals surface area contributed by atoms with Crippen LogP contribution in [0.3, 0.4) is 0 Å². The van der Waals surface area contributed by atoms with E-state index in [0.717, 1.165) is 16.9 Å². The minimum Gasteiger partial charge on any atom is -0.497 e. The number of rotatable bonds is 4. The molecular formula is C16H14ClNO2. The first-order chi connectivity index (χ1) is 9.63. The molecule has 0 unspecified atom stereocenters. The van der Waals surface area contributed by atoms with Crippen molar-refractivity contribution in [1.82, 2.24) is 0 Å². The molecule has 0 spiro atoms. The van der Waals surface area contributed by atoms with Crippen LogP contribution in [0.25, 0.3) is 0 Å². The molecule has 0 aliphatic rings. The van der Waals surface area contributed by atoms with Gasteiger partial charge in [-0.15, -0.1) is 0 Å². The first kappa shape index (κ1) is 14.2. The van der Waals surface area contributed by atoms with Gasteiger partial charge in [-0.25, -0.2) is 0 Å². The summed E-state index contributed by atoms with van der Waals surface area (Å²) in [6.07, 6.45) is 0. The Hall–Kier alpha value is -2.18. The van der Waals surface area contributed by atoms with Gasteiger partial charge in [-0.3, -0.25) is 0 Å². The average molecular weight is 288 g/mol. The predicted molar refractivity (Wildman–Crippen MR) is 78.2 cm³/mol. The van der Waals surface area contributed by atoms with Crippen molar-refractivity contribution in [2.45, 2.75) is 13.5 Å². The summed E-state index contributed by atoms with van der Waals surface area (Å²) >= 11 is 5.97. The highest BCUT2D eigenvalue weighted by atomic mass is 35.5. The van der Waals surface area contributed by atoms with E-state index in [-0.39, 0.29) is 0 Å². The van der Waals surface area contributed by atoms with Gasteiger partial charge in [0.1, 0.15) is 18.1 Å². The molecule has 2 aromatic carbocycles. The molecular weight excluding hydrogens is 274 g/mol. The van der Waals surface area contributed by atoms with Crippen molar-refractivity contribution in [2.24, 2.45) is 0 Å². The van der Waals surface area contributed by atoms with Crippen LogP contribution in [0, 0.1) is 18.3 Å². The second-order valence-corrected chi connectivity index (χ2v) is 4.76. The van der Waals surface area contributed by atoms with Crippen LogP contribution in [0.15, 0.2) is 36.4 Å². The molecule has 0 amide bonds. The van der Waals surface area contributed by atoms with E-state index in [0.29, 0.717) is 22.9 Å². The summed E-state index contributed by atoms with van der Waals surface area (Å²) in [4.78, 5) is 0. The highest BCUT2D eigenvalue weighted by molar-refractivity contribution is 6.30. The van der Waals surface area contributed by atoms with Crippen LogP contribution < -0.4 is 9.47 Å². The number of benzene rings is 2. The summed E-state index contributed by atoms with van der Waals surface area (Å²) in [6.45, 7) is 2.26. The first-order valence-electron chi connectivity index (χ1n) is 6.10. The van der Waals surface area contributed by atoms with Gasteiger partial charge in [0, 0.05) is 10.6 Å². The van der Waals surface area contributed by atoms with Crippen molar-refractivity contribution in [3.63, 3.8) is 0 Å². The molecule has 2 rings (SSSR count). The van der Waals surface area contributed by atoms with Gasteiger partial charge in [-0.1, -0.05) is 23.7 Å². The Morgan fingerprint density at radius 1 is 1.20 bits per heavy atom. The molecule has 0 heterocycles. The highest BCUT2D eigenvalue weighted by Gasteiger charge is 2.07. The fraction of sp³-hybridized carbons (Fsp3) is 0.188. The fourth-order valence-corrected chi connectivity index (χ4v) is 2.01. The summed E-state index contributed by atoms with van der Waals surface area (Å²) < 4.78 is 10.8. The van der Waals surface area contributed by atoms with Gasteiger partial charge in [0.25, 0.3) is 0 Å². The van der Waals surface area contributed by atoms with E-state index in [9.17, 15) is 0 Å². The summed E-state index contributed by atoms with van der Waals surface area (Å²) in [5.41, 5.74) is 2.34. The zero-order valence-corrected chi connectivity index (χ0v) is 12.1. The van der Waals surface area contributed by atoms with Crippen molar-refractivity contribution in [1.29, 1.82) is 5.26 Å². The van der Waals surface area contributed by atoms with Crippen molar-refractivity contribution in [3.8, 4) is 17.6 Å². The number of hydrogen-bond donors (Lipinski definition) is 0. The van der Waals surface area contributed by atoms with Gasteiger partial charge in [-0.05, 0) is 36.8 Å². The van der Waals surface area contributed by atoms with Crippen molar-refractivity contribution < 1.29 is 9.47 Å². The van der Waals surface area contributed by atoms with Crippen molar-refractivity contribution >= 4 is 11.6 Å². The fourth-order valence-electron chi connectivity index (χ4n) is 1.80. The molecule has 0 aromatic heterocycles. The van der Waals surface area contributed by atoms with Crippen LogP contribution in [-0.2, 0) is 6.61 Å². The molecule has 0 atom stereocenters. The number of methoxy groups -OCH3 is 1. The molecule has 0 bridgehead atoms. The molecule has 4 heteroatoms. The van der Waals surface area contributed by atoms with E-state index in [1.807, 2.05) is 31.2 Å². The average Bonchev–Trinajstić information content (AvgIpc) is 2.48. The third kappa shape index (κ3) is 3.23. The SMILES string of the molecule is COc1ccc(COc2cc(Cl)cc(C#N)c2C)cc1. The molecule has 0 N–H and O–H groups in total. The summed E-state index contributed by atoms with van der Waals surface area (Å²) in [7, 11) is 1.63. The van der Waals surface area contributed by atoms with Gasteiger partial charge in [0.05, 0.1) is 18.7 Å². The summed E-state index contributed by atoms with van der Waals surface area (Å²) in [5.74, 6) is 1.43. The third-order valence-corrected chi connectivity index (χ3v) is 3.22. The van der Waals surface area contributed by atoms with E-state index in [1.54, 1.807) is 19.2 Å². The molecule has 2 aromatic rings. The maximum atomic E-state index is 9.03. The van der Waals surface area contributed by atoms with Crippen LogP contribution in [0.1, 0.15) is 16.7 Å². The number of halogens is 1. The first-order valence-corrected chi connectivity index (χ1v) is 6.48. The predicted octanol–water partition coefficient (Wildman–Crippen LogP) is 4.11. The zero-order valence-electron chi connectivity index (χ0n) is 11.3. The zero-order chi connectivity index (χ0) is 14.5. The van der Waals surface area contributed by atoms with E-state index in [2.05, 4.69) is 6.07 Å². The molecule has 3 nitrogen and oxygen atoms in total. The van der Waals surface area contributed by atoms with E-state index >= 15 is 0 Å². The van der Waals surface area contributed by atoms with Crippen LogP contribution in [0.2, 0.25) is 5.02 Å². The van der Waals surface area contributed by atoms with E-state index in [4.69, 9.17) is 26.3 Å². The Balaban J connectivity index is 2.14. The Bertz CT molecular complexity index is 645. The number of nitrogens with zero attached hydrogens (tertiary/aromatic N) is 1. The Morgan fingerprint density at radius 2 is 1.90 bits per heavy atom. The third-order valence-electron chi connectivity index (χ3n) is 3.00. The van der Waals surface area contributed by atoms with E-state index < -0.39 is 0 Å². The molecule has 0 saturated carbocycles. The molecule has 20 heavy (non-hydrogen) atoms. The monoisotopic (exact) mass is 287 g/mol. The Morgan fingerprint density at radius 3 is 2.50 bits per heavy atom. The molecule has 0 radical (unpaired) electrons. The topological polar surface area (TPSA) is 42.2 Å². The minimum absolute atomic E-state index is 0.413. The second kappa shape index (κ2) is 6.31. The molecule has 0 fully saturated rings. The quantitative estimate of drug-likeness (QED) is 0.850. The normalized spacial score (nSPS) is 9.90. The van der Waals surface area contributed by atoms with Crippen LogP contribution in [-0.4, -0.2) is 7.11 Å². The largest absolute Gasteiger partial charge is 0.497 e.